The predicted octanol–water partition coefficient (Wildman–Crippen LogP) is 3.14. The molecule has 0 radical (unpaired) electrons. The Kier molecular flexibility index (Phi) is 3.34. The van der Waals surface area contributed by atoms with Gasteiger partial charge in [0.05, 0.1) is 0 Å². The summed E-state index contributed by atoms with van der Waals surface area (Å²) in [7, 11) is 0. The molecular formula is C15H16N2O2. The van der Waals surface area contributed by atoms with Crippen molar-refractivity contribution in [3.05, 3.63) is 47.8 Å². The molecule has 98 valence electrons. The van der Waals surface area contributed by atoms with Gasteiger partial charge >= 0.3 is 5.97 Å². The normalized spacial score (nSPS) is 11.3. The van der Waals surface area contributed by atoms with E-state index in [2.05, 4.69) is 30.7 Å². The van der Waals surface area contributed by atoms with E-state index >= 15 is 0 Å². The van der Waals surface area contributed by atoms with E-state index in [0.717, 1.165) is 5.56 Å². The monoisotopic (exact) mass is 256 g/mol. The lowest BCUT2D eigenvalue weighted by Gasteiger charge is -2.18. The van der Waals surface area contributed by atoms with Crippen molar-refractivity contribution < 1.29 is 9.90 Å². The van der Waals surface area contributed by atoms with Gasteiger partial charge in [-0.05, 0) is 17.0 Å². The largest absolute Gasteiger partial charge is 0.477 e. The molecule has 1 aromatic carbocycles. The fraction of sp³-hybridized carbons (Fsp3) is 0.267. The summed E-state index contributed by atoms with van der Waals surface area (Å²) in [5.74, 6) is -0.615. The Balaban J connectivity index is 2.37. The molecule has 4 nitrogen and oxygen atoms in total. The van der Waals surface area contributed by atoms with Crippen LogP contribution in [0.1, 0.15) is 36.8 Å². The van der Waals surface area contributed by atoms with Gasteiger partial charge in [0.1, 0.15) is 0 Å². The van der Waals surface area contributed by atoms with Gasteiger partial charge in [-0.1, -0.05) is 45.0 Å². The molecule has 2 rings (SSSR count). The van der Waals surface area contributed by atoms with Crippen LogP contribution >= 0.6 is 0 Å². The second-order valence-electron chi connectivity index (χ2n) is 5.40. The molecule has 0 unspecified atom stereocenters. The average molecular weight is 256 g/mol. The van der Waals surface area contributed by atoms with Crippen LogP contribution in [0, 0.1) is 0 Å². The molecule has 0 atom stereocenters. The van der Waals surface area contributed by atoms with Crippen LogP contribution in [-0.2, 0) is 5.41 Å². The van der Waals surface area contributed by atoms with Crippen LogP contribution < -0.4 is 0 Å². The van der Waals surface area contributed by atoms with Crippen LogP contribution in [0.15, 0.2) is 36.5 Å². The van der Waals surface area contributed by atoms with Crippen molar-refractivity contribution in [1.29, 1.82) is 0 Å². The minimum absolute atomic E-state index is 0.00454. The number of hydrogen-bond donors (Lipinski definition) is 1. The van der Waals surface area contributed by atoms with Gasteiger partial charge in [0, 0.05) is 11.8 Å². The lowest BCUT2D eigenvalue weighted by molar-refractivity contribution is 0.0690. The standard InChI is InChI=1S/C15H16N2O2/c1-15(2,3)11-6-4-10(5-7-11)13-16-9-8-12(17-13)14(18)19/h4-9H,1-3H3,(H,18,19). The molecule has 0 aliphatic heterocycles. The third-order valence-corrected chi connectivity index (χ3v) is 2.88. The molecule has 0 fully saturated rings. The quantitative estimate of drug-likeness (QED) is 0.896. The minimum atomic E-state index is -1.05. The highest BCUT2D eigenvalue weighted by Gasteiger charge is 2.14. The molecule has 1 N–H and O–H groups in total. The van der Waals surface area contributed by atoms with Crippen LogP contribution in [0.3, 0.4) is 0 Å². The van der Waals surface area contributed by atoms with Crippen LogP contribution in [0.25, 0.3) is 11.4 Å². The van der Waals surface area contributed by atoms with Gasteiger partial charge in [-0.2, -0.15) is 0 Å². The lowest BCUT2D eigenvalue weighted by atomic mass is 9.87. The van der Waals surface area contributed by atoms with Gasteiger partial charge in [0.15, 0.2) is 11.5 Å². The summed E-state index contributed by atoms with van der Waals surface area (Å²) < 4.78 is 0. The summed E-state index contributed by atoms with van der Waals surface area (Å²) in [5.41, 5.74) is 2.12. The van der Waals surface area contributed by atoms with Gasteiger partial charge in [-0.15, -0.1) is 0 Å². The molecule has 0 saturated heterocycles. The molecule has 0 aliphatic rings. The summed E-state index contributed by atoms with van der Waals surface area (Å²) in [6.45, 7) is 6.43. The molecule has 0 amide bonds. The smallest absolute Gasteiger partial charge is 0.354 e. The van der Waals surface area contributed by atoms with Crippen LogP contribution in [0.4, 0.5) is 0 Å². The van der Waals surface area contributed by atoms with E-state index < -0.39 is 5.97 Å². The molecule has 0 aliphatic carbocycles. The number of nitrogens with zero attached hydrogens (tertiary/aromatic N) is 2. The second kappa shape index (κ2) is 4.80. The molecule has 1 heterocycles. The minimum Gasteiger partial charge on any atom is -0.477 e. The van der Waals surface area contributed by atoms with Crippen LogP contribution in [0.5, 0.6) is 0 Å². The van der Waals surface area contributed by atoms with Crippen molar-refractivity contribution >= 4 is 5.97 Å². The highest BCUT2D eigenvalue weighted by molar-refractivity contribution is 5.85. The molecule has 0 saturated carbocycles. The van der Waals surface area contributed by atoms with Crippen LogP contribution in [-0.4, -0.2) is 21.0 Å². The zero-order valence-corrected chi connectivity index (χ0v) is 11.2. The Morgan fingerprint density at radius 1 is 1.11 bits per heavy atom. The fourth-order valence-corrected chi connectivity index (χ4v) is 1.74. The second-order valence-corrected chi connectivity index (χ2v) is 5.40. The highest BCUT2D eigenvalue weighted by Crippen LogP contribution is 2.24. The SMILES string of the molecule is CC(C)(C)c1ccc(-c2nccc(C(=O)O)n2)cc1. The maximum atomic E-state index is 10.9. The van der Waals surface area contributed by atoms with Crippen LogP contribution in [0.2, 0.25) is 0 Å². The summed E-state index contributed by atoms with van der Waals surface area (Å²) in [5, 5.41) is 8.92. The first-order valence-electron chi connectivity index (χ1n) is 6.05. The number of aromatic nitrogens is 2. The topological polar surface area (TPSA) is 63.1 Å². The average Bonchev–Trinajstić information content (AvgIpc) is 2.38. The van der Waals surface area contributed by atoms with Crippen molar-refractivity contribution in [3.8, 4) is 11.4 Å². The number of carboxylic acids is 1. The third-order valence-electron chi connectivity index (χ3n) is 2.88. The highest BCUT2D eigenvalue weighted by atomic mass is 16.4. The fourth-order valence-electron chi connectivity index (χ4n) is 1.74. The van der Waals surface area contributed by atoms with Gasteiger partial charge in [0.2, 0.25) is 0 Å². The van der Waals surface area contributed by atoms with E-state index in [0.29, 0.717) is 5.82 Å². The van der Waals surface area contributed by atoms with Crippen molar-refractivity contribution in [2.45, 2.75) is 26.2 Å². The zero-order valence-electron chi connectivity index (χ0n) is 11.2. The van der Waals surface area contributed by atoms with Crippen molar-refractivity contribution in [2.75, 3.05) is 0 Å². The predicted molar refractivity (Wildman–Crippen MR) is 73.1 cm³/mol. The Labute approximate surface area is 112 Å². The Morgan fingerprint density at radius 2 is 1.74 bits per heavy atom. The molecule has 19 heavy (non-hydrogen) atoms. The molecular weight excluding hydrogens is 240 g/mol. The number of hydrogen-bond acceptors (Lipinski definition) is 3. The Hall–Kier alpha value is -2.23. The maximum Gasteiger partial charge on any atom is 0.354 e. The molecule has 0 bridgehead atoms. The van der Waals surface area contributed by atoms with Gasteiger partial charge in [-0.3, -0.25) is 0 Å². The Bertz CT molecular complexity index is 598. The number of carbonyl (C=O) groups is 1. The van der Waals surface area contributed by atoms with Crippen molar-refractivity contribution in [3.63, 3.8) is 0 Å². The van der Waals surface area contributed by atoms with E-state index in [-0.39, 0.29) is 11.1 Å². The van der Waals surface area contributed by atoms with E-state index in [4.69, 9.17) is 5.11 Å². The summed E-state index contributed by atoms with van der Waals surface area (Å²) in [6, 6.07) is 9.26. The first kappa shape index (κ1) is 13.2. The third kappa shape index (κ3) is 2.96. The Morgan fingerprint density at radius 3 is 2.26 bits per heavy atom. The lowest BCUT2D eigenvalue weighted by Crippen LogP contribution is -2.10. The number of carboxylic acid groups (broad SMARTS) is 1. The molecule has 4 heteroatoms. The first-order chi connectivity index (χ1) is 8.88. The van der Waals surface area contributed by atoms with E-state index in [1.807, 2.05) is 24.3 Å². The zero-order chi connectivity index (χ0) is 14.0. The van der Waals surface area contributed by atoms with E-state index in [1.54, 1.807) is 0 Å². The van der Waals surface area contributed by atoms with Crippen molar-refractivity contribution in [2.24, 2.45) is 0 Å². The van der Waals surface area contributed by atoms with Gasteiger partial charge < -0.3 is 5.11 Å². The molecule has 2 aromatic rings. The molecule has 1 aromatic heterocycles. The molecule has 0 spiro atoms. The van der Waals surface area contributed by atoms with Gasteiger partial charge in [0.25, 0.3) is 0 Å². The summed E-state index contributed by atoms with van der Waals surface area (Å²) in [6.07, 6.45) is 1.46. The summed E-state index contributed by atoms with van der Waals surface area (Å²) >= 11 is 0. The summed E-state index contributed by atoms with van der Waals surface area (Å²) in [4.78, 5) is 19.0. The van der Waals surface area contributed by atoms with Gasteiger partial charge in [-0.25, -0.2) is 14.8 Å². The van der Waals surface area contributed by atoms with E-state index in [1.165, 1.54) is 17.8 Å². The van der Waals surface area contributed by atoms with Crippen molar-refractivity contribution in [1.82, 2.24) is 9.97 Å². The number of benzene rings is 1. The van der Waals surface area contributed by atoms with E-state index in [9.17, 15) is 4.79 Å². The number of aromatic carboxylic acids is 1. The number of rotatable bonds is 2. The first-order valence-corrected chi connectivity index (χ1v) is 6.05. The maximum absolute atomic E-state index is 10.9.